The van der Waals surface area contributed by atoms with Gasteiger partial charge in [0.2, 0.25) is 5.91 Å². The number of urea groups is 1. The predicted octanol–water partition coefficient (Wildman–Crippen LogP) is 2.26. The summed E-state index contributed by atoms with van der Waals surface area (Å²) >= 11 is 0. The largest absolute Gasteiger partial charge is 0.356 e. The lowest BCUT2D eigenvalue weighted by Crippen LogP contribution is -2.47. The van der Waals surface area contributed by atoms with Crippen molar-refractivity contribution in [2.45, 2.75) is 57.5 Å². The second-order valence-electron chi connectivity index (χ2n) is 7.73. The average Bonchev–Trinajstić information content (AvgIpc) is 2.72. The molecule has 1 aromatic heterocycles. The number of rotatable bonds is 5. The highest BCUT2D eigenvalue weighted by Crippen LogP contribution is 2.27. The molecule has 1 aliphatic heterocycles. The molecule has 2 fully saturated rings. The molecule has 7 heteroatoms. The summed E-state index contributed by atoms with van der Waals surface area (Å²) in [5.41, 5.74) is 6.39. The summed E-state index contributed by atoms with van der Waals surface area (Å²) < 4.78 is 0. The van der Waals surface area contributed by atoms with E-state index in [2.05, 4.69) is 22.2 Å². The monoisotopic (exact) mass is 373 g/mol. The number of likely N-dealkylation sites (tertiary alicyclic amines) is 1. The van der Waals surface area contributed by atoms with E-state index < -0.39 is 6.03 Å². The Morgan fingerprint density at radius 2 is 2.04 bits per heavy atom. The standard InChI is InChI=1S/C20H31N5O2/c1-24(17-9-3-2-4-10-17)18-15(7-5-11-22-18)13-23-19(26)16-8-6-12-25(14-16)20(21)27/h5,7,11,16-17H,2-4,6,8-10,12-14H2,1H3,(H2,21,27)(H,23,26). The zero-order chi connectivity index (χ0) is 19.2. The number of nitrogens with zero attached hydrogens (tertiary/aromatic N) is 3. The van der Waals surface area contributed by atoms with Gasteiger partial charge in [-0.25, -0.2) is 9.78 Å². The van der Waals surface area contributed by atoms with Crippen molar-refractivity contribution >= 4 is 17.8 Å². The first kappa shape index (κ1) is 19.5. The van der Waals surface area contributed by atoms with Crippen molar-refractivity contribution in [3.63, 3.8) is 0 Å². The lowest BCUT2D eigenvalue weighted by molar-refractivity contribution is -0.126. The number of primary amides is 1. The molecule has 3 N–H and O–H groups in total. The van der Waals surface area contributed by atoms with Gasteiger partial charge in [-0.2, -0.15) is 0 Å². The Hall–Kier alpha value is -2.31. The van der Waals surface area contributed by atoms with E-state index in [-0.39, 0.29) is 11.8 Å². The fourth-order valence-electron chi connectivity index (χ4n) is 4.25. The molecule has 0 bridgehead atoms. The third-order valence-corrected chi connectivity index (χ3v) is 5.88. The van der Waals surface area contributed by atoms with Gasteiger partial charge < -0.3 is 20.9 Å². The van der Waals surface area contributed by atoms with Crippen molar-refractivity contribution in [3.8, 4) is 0 Å². The minimum atomic E-state index is -0.448. The Balaban J connectivity index is 1.60. The van der Waals surface area contributed by atoms with Crippen LogP contribution in [0.15, 0.2) is 18.3 Å². The first-order valence-corrected chi connectivity index (χ1v) is 10.0. The molecule has 7 nitrogen and oxygen atoms in total. The third-order valence-electron chi connectivity index (χ3n) is 5.88. The molecule has 0 spiro atoms. The summed E-state index contributed by atoms with van der Waals surface area (Å²) in [7, 11) is 2.11. The Morgan fingerprint density at radius 1 is 1.26 bits per heavy atom. The maximum absolute atomic E-state index is 12.6. The van der Waals surface area contributed by atoms with Crippen LogP contribution in [0.5, 0.6) is 0 Å². The van der Waals surface area contributed by atoms with Gasteiger partial charge in [0, 0.05) is 44.5 Å². The van der Waals surface area contributed by atoms with E-state index in [9.17, 15) is 9.59 Å². The van der Waals surface area contributed by atoms with Gasteiger partial charge in [-0.15, -0.1) is 0 Å². The maximum Gasteiger partial charge on any atom is 0.314 e. The van der Waals surface area contributed by atoms with Gasteiger partial charge in [0.1, 0.15) is 5.82 Å². The Labute approximate surface area is 161 Å². The van der Waals surface area contributed by atoms with Crippen LogP contribution in [0.2, 0.25) is 0 Å². The minimum absolute atomic E-state index is 0.0175. The molecule has 27 heavy (non-hydrogen) atoms. The van der Waals surface area contributed by atoms with E-state index >= 15 is 0 Å². The lowest BCUT2D eigenvalue weighted by Gasteiger charge is -2.33. The zero-order valence-electron chi connectivity index (χ0n) is 16.2. The average molecular weight is 374 g/mol. The highest BCUT2D eigenvalue weighted by Gasteiger charge is 2.27. The van der Waals surface area contributed by atoms with Crippen molar-refractivity contribution in [2.75, 3.05) is 25.0 Å². The summed E-state index contributed by atoms with van der Waals surface area (Å²) in [6.07, 6.45) is 9.66. The van der Waals surface area contributed by atoms with Crippen LogP contribution in [0.4, 0.5) is 10.6 Å². The van der Waals surface area contributed by atoms with Crippen molar-refractivity contribution in [2.24, 2.45) is 11.7 Å². The van der Waals surface area contributed by atoms with Crippen LogP contribution < -0.4 is 16.0 Å². The maximum atomic E-state index is 12.6. The van der Waals surface area contributed by atoms with Gasteiger partial charge in [0.15, 0.2) is 0 Å². The molecule has 0 aromatic carbocycles. The van der Waals surface area contributed by atoms with Crippen LogP contribution in [0, 0.1) is 5.92 Å². The molecule has 1 saturated heterocycles. The predicted molar refractivity (Wildman–Crippen MR) is 105 cm³/mol. The van der Waals surface area contributed by atoms with Gasteiger partial charge in [-0.1, -0.05) is 25.3 Å². The Bertz CT molecular complexity index is 660. The summed E-state index contributed by atoms with van der Waals surface area (Å²) in [6, 6.07) is 4.01. The van der Waals surface area contributed by atoms with E-state index in [4.69, 9.17) is 5.73 Å². The third kappa shape index (κ3) is 4.90. The number of amides is 3. The second kappa shape index (κ2) is 9.06. The van der Waals surface area contributed by atoms with E-state index in [1.807, 2.05) is 18.3 Å². The number of nitrogens with two attached hydrogens (primary N) is 1. The number of pyridine rings is 1. The van der Waals surface area contributed by atoms with Gasteiger partial charge in [-0.3, -0.25) is 4.79 Å². The summed E-state index contributed by atoms with van der Waals surface area (Å²) in [6.45, 7) is 1.49. The zero-order valence-corrected chi connectivity index (χ0v) is 16.2. The van der Waals surface area contributed by atoms with Crippen LogP contribution in [0.1, 0.15) is 50.5 Å². The molecule has 2 aliphatic rings. The van der Waals surface area contributed by atoms with Crippen LogP contribution in [-0.2, 0) is 11.3 Å². The van der Waals surface area contributed by atoms with Crippen LogP contribution in [0.3, 0.4) is 0 Å². The lowest BCUT2D eigenvalue weighted by atomic mass is 9.94. The summed E-state index contributed by atoms with van der Waals surface area (Å²) in [5, 5.41) is 3.04. The van der Waals surface area contributed by atoms with E-state index in [1.54, 1.807) is 4.90 Å². The molecule has 1 atom stereocenters. The second-order valence-corrected chi connectivity index (χ2v) is 7.73. The van der Waals surface area contributed by atoms with E-state index in [0.717, 1.165) is 24.2 Å². The molecule has 1 unspecified atom stereocenters. The van der Waals surface area contributed by atoms with E-state index in [0.29, 0.717) is 25.7 Å². The van der Waals surface area contributed by atoms with Crippen molar-refractivity contribution in [1.82, 2.24) is 15.2 Å². The highest BCUT2D eigenvalue weighted by atomic mass is 16.2. The SMILES string of the molecule is CN(c1ncccc1CNC(=O)C1CCCN(C(N)=O)C1)C1CCCCC1. The molecule has 1 aromatic rings. The number of aromatic nitrogens is 1. The molecule has 0 radical (unpaired) electrons. The number of carbonyl (C=O) groups excluding carboxylic acids is 2. The summed E-state index contributed by atoms with van der Waals surface area (Å²) in [4.78, 5) is 32.4. The Morgan fingerprint density at radius 3 is 2.78 bits per heavy atom. The smallest absolute Gasteiger partial charge is 0.314 e. The first-order valence-electron chi connectivity index (χ1n) is 10.0. The molecule has 3 amide bonds. The number of piperidine rings is 1. The molecular formula is C20H31N5O2. The number of hydrogen-bond acceptors (Lipinski definition) is 4. The quantitative estimate of drug-likeness (QED) is 0.828. The molecule has 1 aliphatic carbocycles. The van der Waals surface area contributed by atoms with Gasteiger partial charge in [0.05, 0.1) is 5.92 Å². The normalized spacial score (nSPS) is 20.9. The number of anilines is 1. The van der Waals surface area contributed by atoms with Crippen LogP contribution in [-0.4, -0.2) is 48.0 Å². The van der Waals surface area contributed by atoms with Crippen LogP contribution >= 0.6 is 0 Å². The fourth-order valence-corrected chi connectivity index (χ4v) is 4.25. The topological polar surface area (TPSA) is 91.6 Å². The van der Waals surface area contributed by atoms with Crippen molar-refractivity contribution < 1.29 is 9.59 Å². The number of carbonyl (C=O) groups is 2. The van der Waals surface area contributed by atoms with Crippen LogP contribution in [0.25, 0.3) is 0 Å². The summed E-state index contributed by atoms with van der Waals surface area (Å²) in [5.74, 6) is 0.741. The van der Waals surface area contributed by atoms with Crippen molar-refractivity contribution in [1.29, 1.82) is 0 Å². The number of hydrogen-bond donors (Lipinski definition) is 2. The van der Waals surface area contributed by atoms with Gasteiger partial charge in [-0.05, 0) is 31.7 Å². The van der Waals surface area contributed by atoms with Gasteiger partial charge in [0.25, 0.3) is 0 Å². The highest BCUT2D eigenvalue weighted by molar-refractivity contribution is 5.80. The molecule has 1 saturated carbocycles. The molecular weight excluding hydrogens is 342 g/mol. The Kier molecular flexibility index (Phi) is 6.53. The van der Waals surface area contributed by atoms with Crippen molar-refractivity contribution in [3.05, 3.63) is 23.9 Å². The van der Waals surface area contributed by atoms with Gasteiger partial charge >= 0.3 is 6.03 Å². The molecule has 3 rings (SSSR count). The molecule has 2 heterocycles. The van der Waals surface area contributed by atoms with E-state index in [1.165, 1.54) is 32.1 Å². The fraction of sp³-hybridized carbons (Fsp3) is 0.650. The number of nitrogens with one attached hydrogen (secondary N) is 1. The minimum Gasteiger partial charge on any atom is -0.356 e. The first-order chi connectivity index (χ1) is 13.1. The molecule has 148 valence electrons.